The number of halogens is 1. The molecule has 0 aliphatic rings. The first-order valence-electron chi connectivity index (χ1n) is 5.99. The van der Waals surface area contributed by atoms with Gasteiger partial charge in [-0.25, -0.2) is 4.39 Å². The topological polar surface area (TPSA) is 0 Å². The second-order valence-corrected chi connectivity index (χ2v) is 4.21. The van der Waals surface area contributed by atoms with Gasteiger partial charge in [-0.15, -0.1) is 0 Å². The first-order chi connectivity index (χ1) is 7.25. The number of benzene rings is 1. The number of hydrogen-bond donors (Lipinski definition) is 0. The molecule has 0 nitrogen and oxygen atoms in total. The Morgan fingerprint density at radius 2 is 1.80 bits per heavy atom. The molecule has 0 N–H and O–H groups in total. The van der Waals surface area contributed by atoms with E-state index in [9.17, 15) is 4.39 Å². The molecule has 1 heteroatoms. The Bertz CT molecular complexity index is 291. The first-order valence-corrected chi connectivity index (χ1v) is 5.99. The van der Waals surface area contributed by atoms with Crippen molar-refractivity contribution in [1.29, 1.82) is 0 Å². The van der Waals surface area contributed by atoms with Crippen molar-refractivity contribution in [2.45, 2.75) is 52.4 Å². The normalized spacial score (nSPS) is 10.6. The van der Waals surface area contributed by atoms with E-state index in [1.807, 2.05) is 25.1 Å². The van der Waals surface area contributed by atoms with Crippen LogP contribution in [-0.2, 0) is 6.42 Å². The van der Waals surface area contributed by atoms with Gasteiger partial charge in [0.15, 0.2) is 0 Å². The summed E-state index contributed by atoms with van der Waals surface area (Å²) in [5.41, 5.74) is 1.65. The van der Waals surface area contributed by atoms with Crippen molar-refractivity contribution < 1.29 is 4.39 Å². The summed E-state index contributed by atoms with van der Waals surface area (Å²) in [6.07, 6.45) is 7.07. The third-order valence-electron chi connectivity index (χ3n) is 2.82. The molecule has 0 heterocycles. The highest BCUT2D eigenvalue weighted by Crippen LogP contribution is 2.15. The van der Waals surface area contributed by atoms with E-state index in [0.717, 1.165) is 24.0 Å². The van der Waals surface area contributed by atoms with E-state index in [1.165, 1.54) is 25.7 Å². The number of rotatable bonds is 6. The molecule has 84 valence electrons. The van der Waals surface area contributed by atoms with Crippen molar-refractivity contribution in [2.75, 3.05) is 0 Å². The molecule has 0 spiro atoms. The molecule has 1 aromatic rings. The minimum Gasteiger partial charge on any atom is -0.206 e. The van der Waals surface area contributed by atoms with Crippen LogP contribution in [0.1, 0.15) is 50.2 Å². The van der Waals surface area contributed by atoms with Crippen LogP contribution in [0.2, 0.25) is 0 Å². The van der Waals surface area contributed by atoms with Crippen LogP contribution in [0.5, 0.6) is 0 Å². The summed E-state index contributed by atoms with van der Waals surface area (Å²) >= 11 is 0. The second kappa shape index (κ2) is 6.60. The highest BCUT2D eigenvalue weighted by molar-refractivity contribution is 5.24. The lowest BCUT2D eigenvalue weighted by atomic mass is 10.0. The molecule has 0 bridgehead atoms. The maximum Gasteiger partial charge on any atom is 0.129 e. The third kappa shape index (κ3) is 4.03. The van der Waals surface area contributed by atoms with Crippen molar-refractivity contribution in [3.63, 3.8) is 0 Å². The fraction of sp³-hybridized carbons (Fsp3) is 0.571. The van der Waals surface area contributed by atoms with Crippen molar-refractivity contribution in [1.82, 2.24) is 0 Å². The van der Waals surface area contributed by atoms with Crippen LogP contribution in [-0.4, -0.2) is 0 Å². The van der Waals surface area contributed by atoms with Gasteiger partial charge in [0.1, 0.15) is 5.82 Å². The highest BCUT2D eigenvalue weighted by Gasteiger charge is 2.03. The molecule has 1 aromatic carbocycles. The predicted molar refractivity (Wildman–Crippen MR) is 63.6 cm³/mol. The minimum absolute atomic E-state index is 0.00649. The fourth-order valence-electron chi connectivity index (χ4n) is 1.82. The highest BCUT2D eigenvalue weighted by atomic mass is 19.1. The zero-order valence-electron chi connectivity index (χ0n) is 9.85. The van der Waals surface area contributed by atoms with Crippen LogP contribution in [0, 0.1) is 12.7 Å². The molecule has 15 heavy (non-hydrogen) atoms. The molecule has 0 aliphatic carbocycles. The minimum atomic E-state index is -0.00649. The predicted octanol–water partition coefficient (Wildman–Crippen LogP) is 4.65. The van der Waals surface area contributed by atoms with E-state index in [-0.39, 0.29) is 5.82 Å². The van der Waals surface area contributed by atoms with Crippen LogP contribution in [0.25, 0.3) is 0 Å². The average Bonchev–Trinajstić information content (AvgIpc) is 2.24. The van der Waals surface area contributed by atoms with Gasteiger partial charge in [0.25, 0.3) is 0 Å². The van der Waals surface area contributed by atoms with E-state index in [2.05, 4.69) is 6.92 Å². The summed E-state index contributed by atoms with van der Waals surface area (Å²) in [6.45, 7) is 4.04. The summed E-state index contributed by atoms with van der Waals surface area (Å²) in [4.78, 5) is 0. The summed E-state index contributed by atoms with van der Waals surface area (Å²) in [6, 6.07) is 5.68. The monoisotopic (exact) mass is 208 g/mol. The van der Waals surface area contributed by atoms with Gasteiger partial charge in [-0.1, -0.05) is 50.8 Å². The lowest BCUT2D eigenvalue weighted by Gasteiger charge is -2.05. The standard InChI is InChI=1S/C14H21F/c1-3-4-5-6-7-10-13-11-8-9-12(2)14(13)15/h8-9,11H,3-7,10H2,1-2H3. The Morgan fingerprint density at radius 3 is 2.53 bits per heavy atom. The maximum atomic E-state index is 13.6. The summed E-state index contributed by atoms with van der Waals surface area (Å²) in [5, 5.41) is 0. The van der Waals surface area contributed by atoms with E-state index in [4.69, 9.17) is 0 Å². The molecule has 0 fully saturated rings. The Balaban J connectivity index is 2.34. The van der Waals surface area contributed by atoms with Crippen LogP contribution in [0.4, 0.5) is 4.39 Å². The van der Waals surface area contributed by atoms with Crippen LogP contribution >= 0.6 is 0 Å². The van der Waals surface area contributed by atoms with Gasteiger partial charge in [0.05, 0.1) is 0 Å². The Labute approximate surface area is 92.5 Å². The zero-order valence-corrected chi connectivity index (χ0v) is 9.85. The quantitative estimate of drug-likeness (QED) is 0.597. The van der Waals surface area contributed by atoms with Gasteiger partial charge in [0, 0.05) is 0 Å². The fourth-order valence-corrected chi connectivity index (χ4v) is 1.82. The summed E-state index contributed by atoms with van der Waals surface area (Å²) in [7, 11) is 0. The average molecular weight is 208 g/mol. The van der Waals surface area contributed by atoms with Crippen molar-refractivity contribution in [2.24, 2.45) is 0 Å². The van der Waals surface area contributed by atoms with Gasteiger partial charge in [-0.3, -0.25) is 0 Å². The molecule has 1 rings (SSSR count). The van der Waals surface area contributed by atoms with Gasteiger partial charge < -0.3 is 0 Å². The zero-order chi connectivity index (χ0) is 11.1. The molecular formula is C14H21F. The van der Waals surface area contributed by atoms with Gasteiger partial charge >= 0.3 is 0 Å². The number of unbranched alkanes of at least 4 members (excludes halogenated alkanes) is 4. The van der Waals surface area contributed by atoms with E-state index in [1.54, 1.807) is 0 Å². The summed E-state index contributed by atoms with van der Waals surface area (Å²) in [5.74, 6) is -0.00649. The molecule has 0 aliphatic heterocycles. The van der Waals surface area contributed by atoms with Crippen molar-refractivity contribution in [3.8, 4) is 0 Å². The second-order valence-electron chi connectivity index (χ2n) is 4.21. The maximum absolute atomic E-state index is 13.6. The van der Waals surface area contributed by atoms with Crippen LogP contribution in [0.3, 0.4) is 0 Å². The lowest BCUT2D eigenvalue weighted by Crippen LogP contribution is -1.93. The number of hydrogen-bond acceptors (Lipinski definition) is 0. The van der Waals surface area contributed by atoms with Crippen LogP contribution in [0.15, 0.2) is 18.2 Å². The third-order valence-corrected chi connectivity index (χ3v) is 2.82. The molecule has 0 amide bonds. The molecule has 0 saturated carbocycles. The van der Waals surface area contributed by atoms with Gasteiger partial charge in [-0.2, -0.15) is 0 Å². The SMILES string of the molecule is CCCCCCCc1cccc(C)c1F. The molecule has 0 radical (unpaired) electrons. The van der Waals surface area contributed by atoms with E-state index in [0.29, 0.717) is 0 Å². The molecular weight excluding hydrogens is 187 g/mol. The molecule has 0 atom stereocenters. The van der Waals surface area contributed by atoms with Gasteiger partial charge in [0.2, 0.25) is 0 Å². The van der Waals surface area contributed by atoms with Gasteiger partial charge in [-0.05, 0) is 30.9 Å². The molecule has 0 unspecified atom stereocenters. The molecule has 0 saturated heterocycles. The Hall–Kier alpha value is -0.850. The molecule has 0 aromatic heterocycles. The van der Waals surface area contributed by atoms with Crippen molar-refractivity contribution >= 4 is 0 Å². The van der Waals surface area contributed by atoms with Crippen LogP contribution < -0.4 is 0 Å². The Kier molecular flexibility index (Phi) is 5.38. The van der Waals surface area contributed by atoms with Crippen molar-refractivity contribution in [3.05, 3.63) is 35.1 Å². The van der Waals surface area contributed by atoms with E-state index < -0.39 is 0 Å². The first kappa shape index (κ1) is 12.2. The Morgan fingerprint density at radius 1 is 1.07 bits per heavy atom. The smallest absolute Gasteiger partial charge is 0.129 e. The lowest BCUT2D eigenvalue weighted by molar-refractivity contribution is 0.581. The summed E-state index contributed by atoms with van der Waals surface area (Å²) < 4.78 is 13.6. The largest absolute Gasteiger partial charge is 0.206 e. The number of aryl methyl sites for hydroxylation is 2. The van der Waals surface area contributed by atoms with E-state index >= 15 is 0 Å².